The Hall–Kier alpha value is -3.51. The molecule has 0 radical (unpaired) electrons. The highest BCUT2D eigenvalue weighted by atomic mass is 35.5. The molecule has 3 rings (SSSR count). The molecule has 0 unspecified atom stereocenters. The standard InChI is InChI=1S/C23H20ClNO5/c1-28-21-11-10-16(23(27)29-2)13-20(21)25-22(26)15-7-5-8-18(12-15)30-14-17-6-3-4-9-19(17)24/h3-13H,14H2,1-2H3,(H,25,26). The molecule has 0 saturated heterocycles. The zero-order valence-electron chi connectivity index (χ0n) is 16.5. The van der Waals surface area contributed by atoms with Crippen molar-refractivity contribution in [3.63, 3.8) is 0 Å². The van der Waals surface area contributed by atoms with E-state index in [0.29, 0.717) is 33.3 Å². The molecular weight excluding hydrogens is 406 g/mol. The van der Waals surface area contributed by atoms with Gasteiger partial charge in [0.15, 0.2) is 0 Å². The predicted molar refractivity (Wildman–Crippen MR) is 115 cm³/mol. The van der Waals surface area contributed by atoms with Gasteiger partial charge in [-0.15, -0.1) is 0 Å². The summed E-state index contributed by atoms with van der Waals surface area (Å²) in [7, 11) is 2.77. The van der Waals surface area contributed by atoms with Crippen molar-refractivity contribution in [2.24, 2.45) is 0 Å². The molecule has 0 spiro atoms. The number of halogens is 1. The van der Waals surface area contributed by atoms with Gasteiger partial charge in [0.1, 0.15) is 18.1 Å². The van der Waals surface area contributed by atoms with E-state index in [1.54, 1.807) is 42.5 Å². The number of amides is 1. The summed E-state index contributed by atoms with van der Waals surface area (Å²) in [6.07, 6.45) is 0. The van der Waals surface area contributed by atoms with E-state index in [9.17, 15) is 9.59 Å². The van der Waals surface area contributed by atoms with Gasteiger partial charge >= 0.3 is 5.97 Å². The van der Waals surface area contributed by atoms with Crippen molar-refractivity contribution >= 4 is 29.2 Å². The molecule has 1 N–H and O–H groups in total. The lowest BCUT2D eigenvalue weighted by Gasteiger charge is -2.12. The molecule has 0 heterocycles. The maximum atomic E-state index is 12.8. The number of anilines is 1. The highest BCUT2D eigenvalue weighted by Crippen LogP contribution is 2.27. The Balaban J connectivity index is 1.75. The molecule has 0 aliphatic carbocycles. The predicted octanol–water partition coefficient (Wildman–Crippen LogP) is 4.97. The number of esters is 1. The number of benzene rings is 3. The molecule has 0 aliphatic rings. The lowest BCUT2D eigenvalue weighted by atomic mass is 10.1. The van der Waals surface area contributed by atoms with E-state index in [1.165, 1.54) is 20.3 Å². The third-order valence-corrected chi connectivity index (χ3v) is 4.69. The number of nitrogens with one attached hydrogen (secondary N) is 1. The van der Waals surface area contributed by atoms with Crippen molar-refractivity contribution in [2.75, 3.05) is 19.5 Å². The summed E-state index contributed by atoms with van der Waals surface area (Å²) >= 11 is 6.15. The number of hydrogen-bond acceptors (Lipinski definition) is 5. The van der Waals surface area contributed by atoms with Crippen LogP contribution in [0.25, 0.3) is 0 Å². The maximum absolute atomic E-state index is 12.8. The first-order valence-electron chi connectivity index (χ1n) is 9.06. The van der Waals surface area contributed by atoms with Crippen LogP contribution in [0.3, 0.4) is 0 Å². The number of rotatable bonds is 7. The summed E-state index contributed by atoms with van der Waals surface area (Å²) in [6, 6.07) is 18.8. The Bertz CT molecular complexity index is 1070. The van der Waals surface area contributed by atoms with Crippen LogP contribution in [-0.2, 0) is 11.3 Å². The summed E-state index contributed by atoms with van der Waals surface area (Å²) in [6.45, 7) is 0.278. The molecule has 0 saturated carbocycles. The highest BCUT2D eigenvalue weighted by molar-refractivity contribution is 6.31. The first-order chi connectivity index (χ1) is 14.5. The van der Waals surface area contributed by atoms with E-state index in [1.807, 2.05) is 18.2 Å². The summed E-state index contributed by atoms with van der Waals surface area (Å²) in [5.41, 5.74) is 1.88. The zero-order valence-corrected chi connectivity index (χ0v) is 17.2. The Labute approximate surface area is 179 Å². The van der Waals surface area contributed by atoms with E-state index in [2.05, 4.69) is 5.32 Å². The Morgan fingerprint density at radius 3 is 2.47 bits per heavy atom. The minimum absolute atomic E-state index is 0.278. The highest BCUT2D eigenvalue weighted by Gasteiger charge is 2.14. The number of carbonyl (C=O) groups is 2. The molecule has 0 bridgehead atoms. The third-order valence-electron chi connectivity index (χ3n) is 4.32. The van der Waals surface area contributed by atoms with E-state index in [-0.39, 0.29) is 12.5 Å². The normalized spacial score (nSPS) is 10.2. The fourth-order valence-electron chi connectivity index (χ4n) is 2.75. The molecule has 154 valence electrons. The molecule has 0 aromatic heterocycles. The summed E-state index contributed by atoms with van der Waals surface area (Å²) in [5.74, 6) is 0.0570. The average molecular weight is 426 g/mol. The van der Waals surface area contributed by atoms with Gasteiger partial charge < -0.3 is 19.5 Å². The maximum Gasteiger partial charge on any atom is 0.337 e. The Kier molecular flexibility index (Phi) is 6.93. The largest absolute Gasteiger partial charge is 0.495 e. The van der Waals surface area contributed by atoms with Crippen LogP contribution in [0.2, 0.25) is 5.02 Å². The van der Waals surface area contributed by atoms with Gasteiger partial charge in [-0.2, -0.15) is 0 Å². The molecule has 0 atom stereocenters. The Morgan fingerprint density at radius 1 is 0.933 bits per heavy atom. The topological polar surface area (TPSA) is 73.9 Å². The van der Waals surface area contributed by atoms with Gasteiger partial charge in [-0.25, -0.2) is 4.79 Å². The van der Waals surface area contributed by atoms with Gasteiger partial charge in [-0.3, -0.25) is 4.79 Å². The molecular formula is C23H20ClNO5. The van der Waals surface area contributed by atoms with E-state index in [4.69, 9.17) is 25.8 Å². The number of methoxy groups -OCH3 is 2. The molecule has 3 aromatic rings. The molecule has 30 heavy (non-hydrogen) atoms. The van der Waals surface area contributed by atoms with Crippen molar-refractivity contribution in [1.29, 1.82) is 0 Å². The minimum atomic E-state index is -0.511. The third kappa shape index (κ3) is 5.10. The van der Waals surface area contributed by atoms with Crippen LogP contribution in [-0.4, -0.2) is 26.1 Å². The molecule has 0 aliphatic heterocycles. The monoisotopic (exact) mass is 425 g/mol. The SMILES string of the molecule is COC(=O)c1ccc(OC)c(NC(=O)c2cccc(OCc3ccccc3Cl)c2)c1. The second-order valence-electron chi connectivity index (χ2n) is 6.27. The van der Waals surface area contributed by atoms with E-state index < -0.39 is 5.97 Å². The second-order valence-corrected chi connectivity index (χ2v) is 6.68. The van der Waals surface area contributed by atoms with Gasteiger partial charge in [0.05, 0.1) is 25.5 Å². The van der Waals surface area contributed by atoms with E-state index in [0.717, 1.165) is 5.56 Å². The van der Waals surface area contributed by atoms with Crippen LogP contribution in [0.15, 0.2) is 66.7 Å². The number of ether oxygens (including phenoxy) is 3. The van der Waals surface area contributed by atoms with Gasteiger partial charge in [-0.05, 0) is 42.5 Å². The number of carbonyl (C=O) groups excluding carboxylic acids is 2. The van der Waals surface area contributed by atoms with Gasteiger partial charge in [0, 0.05) is 16.1 Å². The summed E-state index contributed by atoms with van der Waals surface area (Å²) in [4.78, 5) is 24.5. The lowest BCUT2D eigenvalue weighted by Crippen LogP contribution is -2.13. The van der Waals surface area contributed by atoms with Crippen molar-refractivity contribution in [3.8, 4) is 11.5 Å². The van der Waals surface area contributed by atoms with Crippen molar-refractivity contribution in [3.05, 3.63) is 88.4 Å². The average Bonchev–Trinajstić information content (AvgIpc) is 2.78. The van der Waals surface area contributed by atoms with Gasteiger partial charge in [-0.1, -0.05) is 35.9 Å². The van der Waals surface area contributed by atoms with Crippen LogP contribution in [0.1, 0.15) is 26.3 Å². The molecule has 0 fully saturated rings. The quantitative estimate of drug-likeness (QED) is 0.541. The van der Waals surface area contributed by atoms with Crippen LogP contribution >= 0.6 is 11.6 Å². The molecule has 7 heteroatoms. The fraction of sp³-hybridized carbons (Fsp3) is 0.130. The van der Waals surface area contributed by atoms with Crippen LogP contribution in [0.5, 0.6) is 11.5 Å². The van der Waals surface area contributed by atoms with Crippen molar-refractivity contribution in [2.45, 2.75) is 6.61 Å². The number of hydrogen-bond donors (Lipinski definition) is 1. The summed E-state index contributed by atoms with van der Waals surface area (Å²) < 4.78 is 15.8. The first-order valence-corrected chi connectivity index (χ1v) is 9.43. The fourth-order valence-corrected chi connectivity index (χ4v) is 2.94. The minimum Gasteiger partial charge on any atom is -0.495 e. The van der Waals surface area contributed by atoms with Crippen LogP contribution in [0.4, 0.5) is 5.69 Å². The second kappa shape index (κ2) is 9.80. The van der Waals surface area contributed by atoms with E-state index >= 15 is 0 Å². The first kappa shape index (κ1) is 21.2. The van der Waals surface area contributed by atoms with Crippen molar-refractivity contribution < 1.29 is 23.8 Å². The lowest BCUT2D eigenvalue weighted by molar-refractivity contribution is 0.0600. The van der Waals surface area contributed by atoms with Gasteiger partial charge in [0.2, 0.25) is 0 Å². The smallest absolute Gasteiger partial charge is 0.337 e. The van der Waals surface area contributed by atoms with Crippen LogP contribution in [0, 0.1) is 0 Å². The van der Waals surface area contributed by atoms with Crippen molar-refractivity contribution in [1.82, 2.24) is 0 Å². The zero-order chi connectivity index (χ0) is 21.5. The van der Waals surface area contributed by atoms with Gasteiger partial charge in [0.25, 0.3) is 5.91 Å². The molecule has 3 aromatic carbocycles. The molecule has 6 nitrogen and oxygen atoms in total. The molecule has 1 amide bonds. The summed E-state index contributed by atoms with van der Waals surface area (Å²) in [5, 5.41) is 3.37. The van der Waals surface area contributed by atoms with Crippen LogP contribution < -0.4 is 14.8 Å². The Morgan fingerprint density at radius 2 is 1.73 bits per heavy atom.